The average molecular weight is 397 g/mol. The van der Waals surface area contributed by atoms with E-state index >= 15 is 0 Å². The van der Waals surface area contributed by atoms with Gasteiger partial charge in [0.15, 0.2) is 0 Å². The Morgan fingerprint density at radius 2 is 1.79 bits per heavy atom. The number of ether oxygens (including phenoxy) is 3. The summed E-state index contributed by atoms with van der Waals surface area (Å²) in [5.74, 6) is 0.865. The minimum atomic E-state index is -1.26. The predicted molar refractivity (Wildman–Crippen MR) is 104 cm³/mol. The van der Waals surface area contributed by atoms with E-state index in [1.165, 1.54) is 0 Å². The summed E-state index contributed by atoms with van der Waals surface area (Å²) in [5.41, 5.74) is 0.486. The molecule has 7 heteroatoms. The first kappa shape index (κ1) is 19.3. The Kier molecular flexibility index (Phi) is 5.15. The topological polar surface area (TPSA) is 85.3 Å². The highest BCUT2D eigenvalue weighted by molar-refractivity contribution is 6.04. The summed E-state index contributed by atoms with van der Waals surface area (Å²) in [6.45, 7) is 2.23. The van der Waals surface area contributed by atoms with Gasteiger partial charge in [-0.15, -0.1) is 0 Å². The van der Waals surface area contributed by atoms with Crippen LogP contribution in [0.4, 0.5) is 4.79 Å². The van der Waals surface area contributed by atoms with E-state index in [9.17, 15) is 14.7 Å². The highest BCUT2D eigenvalue weighted by atomic mass is 16.6. The van der Waals surface area contributed by atoms with Crippen molar-refractivity contribution < 1.29 is 28.9 Å². The van der Waals surface area contributed by atoms with Gasteiger partial charge in [-0.2, -0.15) is 0 Å². The molecule has 1 aliphatic carbocycles. The van der Waals surface area contributed by atoms with Crippen LogP contribution in [0.25, 0.3) is 0 Å². The molecule has 1 N–H and O–H groups in total. The van der Waals surface area contributed by atoms with Gasteiger partial charge in [0.2, 0.25) is 5.60 Å². The third-order valence-corrected chi connectivity index (χ3v) is 5.24. The standard InChI is InChI=1S/C22H23NO6/c1-2-27-17-7-9-18(10-8-17)28-14-16(24)13-23-20(25)22(29-21(23)26)12-11-15-5-3-4-6-19(15)22/h3-10,16,24H,2,11-14H2,1H3. The van der Waals surface area contributed by atoms with E-state index in [4.69, 9.17) is 14.2 Å². The highest BCUT2D eigenvalue weighted by Crippen LogP contribution is 2.45. The Hall–Kier alpha value is -3.06. The number of hydrogen-bond acceptors (Lipinski definition) is 6. The number of aryl methyl sites for hydroxylation is 1. The van der Waals surface area contributed by atoms with Crippen molar-refractivity contribution in [2.75, 3.05) is 19.8 Å². The molecule has 1 saturated heterocycles. The van der Waals surface area contributed by atoms with Crippen molar-refractivity contribution in [2.45, 2.75) is 31.5 Å². The van der Waals surface area contributed by atoms with Crippen molar-refractivity contribution in [3.05, 3.63) is 59.7 Å². The van der Waals surface area contributed by atoms with Crippen LogP contribution in [0.3, 0.4) is 0 Å². The third-order valence-electron chi connectivity index (χ3n) is 5.24. The van der Waals surface area contributed by atoms with Crippen LogP contribution in [0.1, 0.15) is 24.5 Å². The molecule has 1 fully saturated rings. The molecule has 4 rings (SSSR count). The fraction of sp³-hybridized carbons (Fsp3) is 0.364. The zero-order valence-electron chi connectivity index (χ0n) is 16.2. The minimum absolute atomic E-state index is 0.0609. The predicted octanol–water partition coefficient (Wildman–Crippen LogP) is 2.65. The molecule has 2 atom stereocenters. The molecule has 0 aromatic heterocycles. The van der Waals surface area contributed by atoms with E-state index < -0.39 is 23.7 Å². The van der Waals surface area contributed by atoms with Gasteiger partial charge in [0, 0.05) is 12.0 Å². The lowest BCUT2D eigenvalue weighted by molar-refractivity contribution is -0.138. The summed E-state index contributed by atoms with van der Waals surface area (Å²) in [5, 5.41) is 10.3. The summed E-state index contributed by atoms with van der Waals surface area (Å²) in [6.07, 6.45) is -0.671. The van der Waals surface area contributed by atoms with Crippen LogP contribution in [0.5, 0.6) is 11.5 Å². The summed E-state index contributed by atoms with van der Waals surface area (Å²) in [4.78, 5) is 26.4. The first-order valence-corrected chi connectivity index (χ1v) is 9.70. The normalized spacial score (nSPS) is 21.2. The first-order chi connectivity index (χ1) is 14.0. The molecule has 2 amide bonds. The lowest BCUT2D eigenvalue weighted by Crippen LogP contribution is -2.42. The van der Waals surface area contributed by atoms with Gasteiger partial charge in [0.1, 0.15) is 24.2 Å². The van der Waals surface area contributed by atoms with Crippen LogP contribution in [-0.4, -0.2) is 47.9 Å². The van der Waals surface area contributed by atoms with Crippen LogP contribution in [0.2, 0.25) is 0 Å². The zero-order chi connectivity index (χ0) is 20.4. The van der Waals surface area contributed by atoms with Crippen molar-refractivity contribution in [1.29, 1.82) is 0 Å². The SMILES string of the molecule is CCOc1ccc(OCC(O)CN2C(=O)OC3(CCc4ccccc43)C2=O)cc1. The first-order valence-electron chi connectivity index (χ1n) is 9.70. The summed E-state index contributed by atoms with van der Waals surface area (Å²) in [7, 11) is 0. The lowest BCUT2D eigenvalue weighted by atomic mass is 9.95. The number of fused-ring (bicyclic) bond motifs is 2. The lowest BCUT2D eigenvalue weighted by Gasteiger charge is -2.21. The van der Waals surface area contributed by atoms with E-state index in [-0.39, 0.29) is 13.2 Å². The smallest absolute Gasteiger partial charge is 0.418 e. The molecule has 152 valence electrons. The fourth-order valence-corrected chi connectivity index (χ4v) is 3.87. The maximum absolute atomic E-state index is 13.0. The molecular weight excluding hydrogens is 374 g/mol. The van der Waals surface area contributed by atoms with Gasteiger partial charge in [-0.3, -0.25) is 4.79 Å². The molecule has 2 aliphatic rings. The quantitative estimate of drug-likeness (QED) is 0.773. The Labute approximate surface area is 168 Å². The van der Waals surface area contributed by atoms with E-state index in [2.05, 4.69) is 0 Å². The second-order valence-electron chi connectivity index (χ2n) is 7.14. The van der Waals surface area contributed by atoms with Crippen molar-refractivity contribution in [3.63, 3.8) is 0 Å². The number of β-amino-alcohol motifs (C(OH)–C–C–N with tert-alkyl or cyclic N) is 1. The molecule has 0 bridgehead atoms. The average Bonchev–Trinajstić information content (AvgIpc) is 3.21. The number of benzene rings is 2. The highest BCUT2D eigenvalue weighted by Gasteiger charge is 2.58. The number of hydrogen-bond donors (Lipinski definition) is 1. The number of imide groups is 1. The van der Waals surface area contributed by atoms with Crippen molar-refractivity contribution in [1.82, 2.24) is 4.90 Å². The maximum Gasteiger partial charge on any atom is 0.418 e. The second kappa shape index (κ2) is 7.75. The zero-order valence-corrected chi connectivity index (χ0v) is 16.2. The molecule has 7 nitrogen and oxygen atoms in total. The molecule has 2 unspecified atom stereocenters. The summed E-state index contributed by atoms with van der Waals surface area (Å²) < 4.78 is 16.5. The Bertz CT molecular complexity index is 912. The molecule has 1 heterocycles. The van der Waals surface area contributed by atoms with Crippen LogP contribution < -0.4 is 9.47 Å². The number of rotatable bonds is 7. The molecule has 29 heavy (non-hydrogen) atoms. The number of amides is 2. The molecular formula is C22H23NO6. The van der Waals surface area contributed by atoms with Crippen molar-refractivity contribution in [3.8, 4) is 11.5 Å². The van der Waals surface area contributed by atoms with Gasteiger partial charge < -0.3 is 19.3 Å². The number of nitrogens with zero attached hydrogens (tertiary/aromatic N) is 1. The third kappa shape index (κ3) is 3.53. The largest absolute Gasteiger partial charge is 0.494 e. The van der Waals surface area contributed by atoms with Gasteiger partial charge in [0.25, 0.3) is 5.91 Å². The van der Waals surface area contributed by atoms with Crippen LogP contribution >= 0.6 is 0 Å². The van der Waals surface area contributed by atoms with Gasteiger partial charge in [0.05, 0.1) is 13.2 Å². The van der Waals surface area contributed by atoms with Crippen molar-refractivity contribution >= 4 is 12.0 Å². The van der Waals surface area contributed by atoms with E-state index in [0.717, 1.165) is 21.8 Å². The molecule has 0 saturated carbocycles. The molecule has 2 aromatic rings. The molecule has 1 spiro atoms. The van der Waals surface area contributed by atoms with E-state index in [0.29, 0.717) is 25.2 Å². The minimum Gasteiger partial charge on any atom is -0.494 e. The van der Waals surface area contributed by atoms with Crippen LogP contribution in [0.15, 0.2) is 48.5 Å². The number of carbonyl (C=O) groups excluding carboxylic acids is 2. The summed E-state index contributed by atoms with van der Waals surface area (Å²) in [6, 6.07) is 14.5. The van der Waals surface area contributed by atoms with Gasteiger partial charge in [-0.25, -0.2) is 9.69 Å². The van der Waals surface area contributed by atoms with Gasteiger partial charge in [-0.05, 0) is 43.2 Å². The van der Waals surface area contributed by atoms with E-state index in [1.807, 2.05) is 31.2 Å². The van der Waals surface area contributed by atoms with E-state index in [1.54, 1.807) is 24.3 Å². The summed E-state index contributed by atoms with van der Waals surface area (Å²) >= 11 is 0. The fourth-order valence-electron chi connectivity index (χ4n) is 3.87. The maximum atomic E-state index is 13.0. The second-order valence-corrected chi connectivity index (χ2v) is 7.14. The monoisotopic (exact) mass is 397 g/mol. The van der Waals surface area contributed by atoms with Gasteiger partial charge in [-0.1, -0.05) is 24.3 Å². The van der Waals surface area contributed by atoms with Crippen LogP contribution in [-0.2, 0) is 21.6 Å². The Morgan fingerprint density at radius 1 is 1.10 bits per heavy atom. The number of carbonyl (C=O) groups is 2. The Morgan fingerprint density at radius 3 is 2.52 bits per heavy atom. The number of aliphatic hydroxyl groups is 1. The van der Waals surface area contributed by atoms with Crippen LogP contribution in [0, 0.1) is 0 Å². The molecule has 2 aromatic carbocycles. The Balaban J connectivity index is 1.38. The van der Waals surface area contributed by atoms with Crippen molar-refractivity contribution in [2.24, 2.45) is 0 Å². The molecule has 1 aliphatic heterocycles. The number of aliphatic hydroxyl groups excluding tert-OH is 1. The van der Waals surface area contributed by atoms with Gasteiger partial charge >= 0.3 is 6.09 Å². The molecule has 0 radical (unpaired) electrons.